The molecule has 0 atom stereocenters. The molecule has 0 aliphatic carbocycles. The lowest BCUT2D eigenvalue weighted by Crippen LogP contribution is -2.02. The molecule has 0 unspecified atom stereocenters. The third-order valence-electron chi connectivity index (χ3n) is 5.50. The summed E-state index contributed by atoms with van der Waals surface area (Å²) in [6, 6.07) is 11.7. The summed E-state index contributed by atoms with van der Waals surface area (Å²) in [7, 11) is 0. The Balaban J connectivity index is 2.05. The minimum absolute atomic E-state index is 0.288. The van der Waals surface area contributed by atoms with Crippen LogP contribution < -0.4 is 0 Å². The molecule has 3 aromatic carbocycles. The van der Waals surface area contributed by atoms with Crippen molar-refractivity contribution in [2.24, 2.45) is 0 Å². The van der Waals surface area contributed by atoms with Gasteiger partial charge in [0.05, 0.1) is 0 Å². The van der Waals surface area contributed by atoms with E-state index in [0.29, 0.717) is 24.3 Å². The first-order chi connectivity index (χ1) is 13.2. The maximum Gasteiger partial charge on any atom is 0.121 e. The van der Waals surface area contributed by atoms with Gasteiger partial charge in [0.25, 0.3) is 0 Å². The van der Waals surface area contributed by atoms with Crippen molar-refractivity contribution in [2.75, 3.05) is 0 Å². The Morgan fingerprint density at radius 3 is 1.36 bits per heavy atom. The molecule has 28 heavy (non-hydrogen) atoms. The summed E-state index contributed by atoms with van der Waals surface area (Å²) in [5.41, 5.74) is 8.72. The molecule has 0 spiro atoms. The van der Waals surface area contributed by atoms with Crippen LogP contribution >= 0.6 is 0 Å². The highest BCUT2D eigenvalue weighted by atomic mass is 16.3. The van der Waals surface area contributed by atoms with Crippen molar-refractivity contribution in [3.05, 3.63) is 86.5 Å². The summed E-state index contributed by atoms with van der Waals surface area (Å²) in [5.74, 6) is 0.954. The minimum Gasteiger partial charge on any atom is -0.508 e. The summed E-state index contributed by atoms with van der Waals surface area (Å²) in [5, 5.41) is 30.7. The lowest BCUT2D eigenvalue weighted by atomic mass is 9.89. The van der Waals surface area contributed by atoms with Crippen molar-refractivity contribution in [3.8, 4) is 17.2 Å². The molecule has 3 aromatic rings. The van der Waals surface area contributed by atoms with Gasteiger partial charge in [-0.15, -0.1) is 0 Å². The van der Waals surface area contributed by atoms with Gasteiger partial charge < -0.3 is 15.3 Å². The van der Waals surface area contributed by atoms with Crippen LogP contribution in [-0.4, -0.2) is 15.3 Å². The molecule has 0 saturated carbocycles. The summed E-state index contributed by atoms with van der Waals surface area (Å²) in [6.07, 6.45) is 1.29. The predicted molar refractivity (Wildman–Crippen MR) is 114 cm³/mol. The zero-order chi connectivity index (χ0) is 20.6. The zero-order valence-electron chi connectivity index (χ0n) is 17.2. The highest BCUT2D eigenvalue weighted by molar-refractivity contribution is 5.52. The van der Waals surface area contributed by atoms with Gasteiger partial charge in [-0.1, -0.05) is 30.3 Å². The molecule has 0 amide bonds. The topological polar surface area (TPSA) is 60.7 Å². The van der Waals surface area contributed by atoms with Crippen LogP contribution in [0.1, 0.15) is 50.1 Å². The van der Waals surface area contributed by atoms with Gasteiger partial charge in [0.15, 0.2) is 0 Å². The fraction of sp³-hybridized carbons (Fsp3) is 0.280. The van der Waals surface area contributed by atoms with Crippen molar-refractivity contribution >= 4 is 0 Å². The Bertz CT molecular complexity index is 917. The highest BCUT2D eigenvalue weighted by Gasteiger charge is 2.15. The number of hydrogen-bond donors (Lipinski definition) is 3. The predicted octanol–water partition coefficient (Wildman–Crippen LogP) is 5.53. The standard InChI is InChI=1S/C25H28O3/c1-14-6-7-23(26)22(13-20-10-17(4)25(28)18(5)11-20)21(14)12-19-8-15(2)24(27)16(3)9-19/h6-11,26-28H,12-13H2,1-5H3. The largest absolute Gasteiger partial charge is 0.508 e. The van der Waals surface area contributed by atoms with E-state index in [1.54, 1.807) is 6.07 Å². The fourth-order valence-electron chi connectivity index (χ4n) is 3.94. The van der Waals surface area contributed by atoms with Crippen LogP contribution in [0.2, 0.25) is 0 Å². The molecule has 0 aliphatic rings. The normalized spacial score (nSPS) is 11.0. The van der Waals surface area contributed by atoms with Crippen LogP contribution in [0, 0.1) is 34.6 Å². The SMILES string of the molecule is Cc1cc(Cc2c(C)ccc(O)c2Cc2cc(C)c(O)c(C)c2)cc(C)c1O. The summed E-state index contributed by atoms with van der Waals surface area (Å²) in [4.78, 5) is 0. The zero-order valence-corrected chi connectivity index (χ0v) is 17.2. The maximum atomic E-state index is 10.6. The van der Waals surface area contributed by atoms with Gasteiger partial charge in [0, 0.05) is 12.0 Å². The van der Waals surface area contributed by atoms with Gasteiger partial charge in [-0.25, -0.2) is 0 Å². The van der Waals surface area contributed by atoms with Crippen LogP contribution in [0.25, 0.3) is 0 Å². The van der Waals surface area contributed by atoms with Gasteiger partial charge >= 0.3 is 0 Å². The Labute approximate surface area is 166 Å². The van der Waals surface area contributed by atoms with E-state index < -0.39 is 0 Å². The Kier molecular flexibility index (Phi) is 5.37. The van der Waals surface area contributed by atoms with Crippen LogP contribution in [0.3, 0.4) is 0 Å². The first-order valence-corrected chi connectivity index (χ1v) is 9.56. The molecule has 3 N–H and O–H groups in total. The quantitative estimate of drug-likeness (QED) is 0.561. The third kappa shape index (κ3) is 3.84. The molecule has 3 heteroatoms. The van der Waals surface area contributed by atoms with E-state index >= 15 is 0 Å². The molecule has 0 aliphatic heterocycles. The van der Waals surface area contributed by atoms with E-state index in [1.807, 2.05) is 58.0 Å². The fourth-order valence-corrected chi connectivity index (χ4v) is 3.94. The second kappa shape index (κ2) is 7.59. The summed E-state index contributed by atoms with van der Waals surface area (Å²) in [6.45, 7) is 9.66. The van der Waals surface area contributed by atoms with Crippen molar-refractivity contribution in [1.29, 1.82) is 0 Å². The lowest BCUT2D eigenvalue weighted by molar-refractivity contribution is 0.465. The van der Waals surface area contributed by atoms with E-state index in [-0.39, 0.29) is 5.75 Å². The third-order valence-corrected chi connectivity index (χ3v) is 5.50. The summed E-state index contributed by atoms with van der Waals surface area (Å²) >= 11 is 0. The van der Waals surface area contributed by atoms with Crippen LogP contribution in [0.5, 0.6) is 17.2 Å². The molecule has 0 radical (unpaired) electrons. The molecule has 3 nitrogen and oxygen atoms in total. The van der Waals surface area contributed by atoms with E-state index in [0.717, 1.165) is 50.1 Å². The monoisotopic (exact) mass is 376 g/mol. The average molecular weight is 376 g/mol. The second-order valence-corrected chi connectivity index (χ2v) is 7.87. The number of benzene rings is 3. The van der Waals surface area contributed by atoms with Crippen LogP contribution in [0.4, 0.5) is 0 Å². The molecule has 0 saturated heterocycles. The maximum absolute atomic E-state index is 10.6. The van der Waals surface area contributed by atoms with Gasteiger partial charge in [0.2, 0.25) is 0 Å². The number of aryl methyl sites for hydroxylation is 5. The van der Waals surface area contributed by atoms with E-state index in [1.165, 1.54) is 0 Å². The first-order valence-electron chi connectivity index (χ1n) is 9.56. The van der Waals surface area contributed by atoms with Crippen molar-refractivity contribution < 1.29 is 15.3 Å². The van der Waals surface area contributed by atoms with Crippen molar-refractivity contribution in [2.45, 2.75) is 47.5 Å². The number of aromatic hydroxyl groups is 3. The minimum atomic E-state index is 0.288. The second-order valence-electron chi connectivity index (χ2n) is 7.87. The number of phenolic OH excluding ortho intramolecular Hbond substituents is 3. The number of hydrogen-bond acceptors (Lipinski definition) is 3. The first kappa shape index (κ1) is 19.8. The molecular weight excluding hydrogens is 348 g/mol. The van der Waals surface area contributed by atoms with E-state index in [2.05, 4.69) is 6.92 Å². The van der Waals surface area contributed by atoms with Crippen molar-refractivity contribution in [1.82, 2.24) is 0 Å². The van der Waals surface area contributed by atoms with Gasteiger partial charge in [-0.05, 0) is 91.6 Å². The molecule has 0 heterocycles. The van der Waals surface area contributed by atoms with Gasteiger partial charge in [0.1, 0.15) is 17.2 Å². The van der Waals surface area contributed by atoms with Crippen molar-refractivity contribution in [3.63, 3.8) is 0 Å². The highest BCUT2D eigenvalue weighted by Crippen LogP contribution is 2.32. The van der Waals surface area contributed by atoms with Gasteiger partial charge in [-0.3, -0.25) is 0 Å². The molecular formula is C25H28O3. The Hall–Kier alpha value is -2.94. The molecule has 3 rings (SSSR count). The average Bonchev–Trinajstić information content (AvgIpc) is 2.63. The number of rotatable bonds is 4. The van der Waals surface area contributed by atoms with Gasteiger partial charge in [-0.2, -0.15) is 0 Å². The van der Waals surface area contributed by atoms with Crippen LogP contribution in [-0.2, 0) is 12.8 Å². The Morgan fingerprint density at radius 2 is 0.929 bits per heavy atom. The lowest BCUT2D eigenvalue weighted by Gasteiger charge is -2.17. The summed E-state index contributed by atoms with van der Waals surface area (Å²) < 4.78 is 0. The van der Waals surface area contributed by atoms with Crippen LogP contribution in [0.15, 0.2) is 36.4 Å². The smallest absolute Gasteiger partial charge is 0.121 e. The molecule has 0 aromatic heterocycles. The molecule has 0 bridgehead atoms. The van der Waals surface area contributed by atoms with E-state index in [9.17, 15) is 15.3 Å². The Morgan fingerprint density at radius 1 is 0.536 bits per heavy atom. The molecule has 0 fully saturated rings. The number of phenols is 3. The molecule has 146 valence electrons. The van der Waals surface area contributed by atoms with E-state index in [4.69, 9.17) is 0 Å².